The number of nitrogens with zero attached hydrogens (tertiary/aromatic N) is 2. The molecule has 3 heteroatoms. The first kappa shape index (κ1) is 10.3. The molecule has 0 aromatic heterocycles. The zero-order valence-electron chi connectivity index (χ0n) is 7.89. The first-order valence-corrected chi connectivity index (χ1v) is 4.51. The van der Waals surface area contributed by atoms with Crippen molar-refractivity contribution in [1.82, 2.24) is 0 Å². The summed E-state index contributed by atoms with van der Waals surface area (Å²) in [5.41, 5.74) is 1.01. The maximum Gasteiger partial charge on any atom is 0.118 e. The van der Waals surface area contributed by atoms with Crippen molar-refractivity contribution in [3.8, 4) is 6.07 Å². The zero-order chi connectivity index (χ0) is 10.1. The normalized spacial score (nSPS) is 9.93. The number of rotatable bonds is 5. The third-order valence-corrected chi connectivity index (χ3v) is 1.60. The Morgan fingerprint density at radius 2 is 2.14 bits per heavy atom. The summed E-state index contributed by atoms with van der Waals surface area (Å²) in [5.74, 6) is 0. The zero-order valence-corrected chi connectivity index (χ0v) is 7.89. The molecule has 72 valence electrons. The monoisotopic (exact) mass is 188 g/mol. The largest absolute Gasteiger partial charge is 0.396 e. The van der Waals surface area contributed by atoms with Gasteiger partial charge in [0.05, 0.1) is 12.3 Å². The van der Waals surface area contributed by atoms with Crippen LogP contribution in [0.4, 0.5) is 0 Å². The molecular formula is C11H12N2O. The molecule has 0 saturated carbocycles. The molecule has 1 aromatic rings. The predicted octanol–water partition coefficient (Wildman–Crippen LogP) is 2.34. The van der Waals surface area contributed by atoms with Crippen molar-refractivity contribution in [2.24, 2.45) is 5.16 Å². The fourth-order valence-electron chi connectivity index (χ4n) is 0.906. The second-order valence-electron chi connectivity index (χ2n) is 2.74. The second kappa shape index (κ2) is 6.67. The van der Waals surface area contributed by atoms with Crippen LogP contribution in [0.25, 0.3) is 0 Å². The van der Waals surface area contributed by atoms with E-state index < -0.39 is 0 Å². The lowest BCUT2D eigenvalue weighted by atomic mass is 10.2. The molecule has 0 aliphatic heterocycles. The van der Waals surface area contributed by atoms with Crippen LogP contribution in [0.1, 0.15) is 18.4 Å². The second-order valence-corrected chi connectivity index (χ2v) is 2.74. The summed E-state index contributed by atoms with van der Waals surface area (Å²) in [5, 5.41) is 12.0. The first-order valence-electron chi connectivity index (χ1n) is 4.51. The van der Waals surface area contributed by atoms with Crippen molar-refractivity contribution in [2.45, 2.75) is 12.8 Å². The van der Waals surface area contributed by atoms with Crippen molar-refractivity contribution >= 4 is 6.21 Å². The lowest BCUT2D eigenvalue weighted by Crippen LogP contribution is -1.88. The van der Waals surface area contributed by atoms with Crippen molar-refractivity contribution in [3.05, 3.63) is 35.9 Å². The molecule has 0 N–H and O–H groups in total. The third kappa shape index (κ3) is 4.27. The number of nitriles is 1. The van der Waals surface area contributed by atoms with E-state index in [4.69, 9.17) is 10.1 Å². The molecule has 0 fully saturated rings. The van der Waals surface area contributed by atoms with E-state index in [1.54, 1.807) is 6.21 Å². The Bertz CT molecular complexity index is 314. The fourth-order valence-corrected chi connectivity index (χ4v) is 0.906. The van der Waals surface area contributed by atoms with Crippen LogP contribution in [-0.2, 0) is 4.84 Å². The standard InChI is InChI=1S/C11H12N2O/c12-8-4-5-9-14-13-10-11-6-2-1-3-7-11/h1-3,6-7,10H,4-5,9H2. The van der Waals surface area contributed by atoms with Gasteiger partial charge in [0.2, 0.25) is 0 Å². The highest BCUT2D eigenvalue weighted by Gasteiger charge is 1.86. The number of hydrogen-bond acceptors (Lipinski definition) is 3. The summed E-state index contributed by atoms with van der Waals surface area (Å²) in [6.45, 7) is 0.497. The summed E-state index contributed by atoms with van der Waals surface area (Å²) in [6.07, 6.45) is 2.90. The highest BCUT2D eigenvalue weighted by molar-refractivity contribution is 5.78. The molecule has 0 aliphatic rings. The van der Waals surface area contributed by atoms with Crippen LogP contribution in [0.5, 0.6) is 0 Å². The molecule has 0 heterocycles. The van der Waals surface area contributed by atoms with Crippen LogP contribution in [0.3, 0.4) is 0 Å². The Balaban J connectivity index is 2.19. The molecule has 0 bridgehead atoms. The minimum atomic E-state index is 0.497. The summed E-state index contributed by atoms with van der Waals surface area (Å²) >= 11 is 0. The van der Waals surface area contributed by atoms with E-state index in [0.717, 1.165) is 12.0 Å². The van der Waals surface area contributed by atoms with Crippen LogP contribution in [0.15, 0.2) is 35.5 Å². The summed E-state index contributed by atoms with van der Waals surface area (Å²) in [7, 11) is 0. The molecule has 1 aromatic carbocycles. The number of hydrogen-bond donors (Lipinski definition) is 0. The molecule has 0 radical (unpaired) electrons. The van der Waals surface area contributed by atoms with Gasteiger partial charge >= 0.3 is 0 Å². The Kier molecular flexibility index (Phi) is 4.89. The Hall–Kier alpha value is -1.82. The molecule has 0 atom stereocenters. The molecular weight excluding hydrogens is 176 g/mol. The minimum absolute atomic E-state index is 0.497. The molecule has 1 rings (SSSR count). The molecule has 0 amide bonds. The number of benzene rings is 1. The topological polar surface area (TPSA) is 45.4 Å². The van der Waals surface area contributed by atoms with Gasteiger partial charge in [-0.1, -0.05) is 35.5 Å². The maximum absolute atomic E-state index is 8.26. The van der Waals surface area contributed by atoms with Gasteiger partial charge in [-0.25, -0.2) is 0 Å². The maximum atomic E-state index is 8.26. The van der Waals surface area contributed by atoms with Gasteiger partial charge in [-0.15, -0.1) is 0 Å². The van der Waals surface area contributed by atoms with Gasteiger partial charge in [0, 0.05) is 6.42 Å². The Labute approximate surface area is 83.6 Å². The Morgan fingerprint density at radius 3 is 2.86 bits per heavy atom. The van der Waals surface area contributed by atoms with Gasteiger partial charge in [0.25, 0.3) is 0 Å². The SMILES string of the molecule is N#CCCCON=Cc1ccccc1. The van der Waals surface area contributed by atoms with Crippen LogP contribution in [0.2, 0.25) is 0 Å². The molecule has 14 heavy (non-hydrogen) atoms. The summed E-state index contributed by atoms with van der Waals surface area (Å²) < 4.78 is 0. The van der Waals surface area contributed by atoms with E-state index in [-0.39, 0.29) is 0 Å². The summed E-state index contributed by atoms with van der Waals surface area (Å²) in [4.78, 5) is 4.96. The average molecular weight is 188 g/mol. The van der Waals surface area contributed by atoms with Gasteiger partial charge < -0.3 is 4.84 Å². The number of oxime groups is 1. The van der Waals surface area contributed by atoms with E-state index in [1.165, 1.54) is 0 Å². The van der Waals surface area contributed by atoms with Crippen molar-refractivity contribution < 1.29 is 4.84 Å². The van der Waals surface area contributed by atoms with Crippen molar-refractivity contribution in [2.75, 3.05) is 6.61 Å². The molecule has 0 saturated heterocycles. The Morgan fingerprint density at radius 1 is 1.36 bits per heavy atom. The number of unbranched alkanes of at least 4 members (excludes halogenated alkanes) is 1. The van der Waals surface area contributed by atoms with Gasteiger partial charge in [-0.3, -0.25) is 0 Å². The molecule has 0 spiro atoms. The van der Waals surface area contributed by atoms with Crippen LogP contribution in [-0.4, -0.2) is 12.8 Å². The van der Waals surface area contributed by atoms with E-state index >= 15 is 0 Å². The van der Waals surface area contributed by atoms with E-state index in [1.807, 2.05) is 36.4 Å². The van der Waals surface area contributed by atoms with Crippen LogP contribution in [0, 0.1) is 11.3 Å². The van der Waals surface area contributed by atoms with Gasteiger partial charge in [0.15, 0.2) is 0 Å². The smallest absolute Gasteiger partial charge is 0.118 e. The predicted molar refractivity (Wildman–Crippen MR) is 54.8 cm³/mol. The highest BCUT2D eigenvalue weighted by atomic mass is 16.6. The highest BCUT2D eigenvalue weighted by Crippen LogP contribution is 1.94. The lowest BCUT2D eigenvalue weighted by Gasteiger charge is -1.94. The third-order valence-electron chi connectivity index (χ3n) is 1.60. The van der Waals surface area contributed by atoms with Gasteiger partial charge in [-0.05, 0) is 12.0 Å². The van der Waals surface area contributed by atoms with Crippen LogP contribution >= 0.6 is 0 Å². The van der Waals surface area contributed by atoms with E-state index in [0.29, 0.717) is 13.0 Å². The van der Waals surface area contributed by atoms with Crippen LogP contribution < -0.4 is 0 Å². The first-order chi connectivity index (χ1) is 6.93. The molecule has 3 nitrogen and oxygen atoms in total. The van der Waals surface area contributed by atoms with Gasteiger partial charge in [0.1, 0.15) is 6.61 Å². The van der Waals surface area contributed by atoms with E-state index in [2.05, 4.69) is 5.16 Å². The molecule has 0 aliphatic carbocycles. The van der Waals surface area contributed by atoms with Crippen molar-refractivity contribution in [3.63, 3.8) is 0 Å². The minimum Gasteiger partial charge on any atom is -0.396 e. The molecule has 0 unspecified atom stereocenters. The van der Waals surface area contributed by atoms with Crippen molar-refractivity contribution in [1.29, 1.82) is 5.26 Å². The van der Waals surface area contributed by atoms with Gasteiger partial charge in [-0.2, -0.15) is 5.26 Å². The van der Waals surface area contributed by atoms with E-state index in [9.17, 15) is 0 Å². The lowest BCUT2D eigenvalue weighted by molar-refractivity contribution is 0.144. The fraction of sp³-hybridized carbons (Fsp3) is 0.273. The summed E-state index contributed by atoms with van der Waals surface area (Å²) in [6, 6.07) is 11.8. The quantitative estimate of drug-likeness (QED) is 0.404. The average Bonchev–Trinajstić information content (AvgIpc) is 2.25.